The van der Waals surface area contributed by atoms with E-state index in [1.807, 2.05) is 31.2 Å². The third-order valence-corrected chi connectivity index (χ3v) is 7.11. The van der Waals surface area contributed by atoms with Gasteiger partial charge in [0.1, 0.15) is 36.3 Å². The number of nitrogens with one attached hydrogen (secondary N) is 1. The number of aliphatic hydroxyl groups excluding tert-OH is 6. The number of rotatable bonds is 11. The smallest absolute Gasteiger partial charge is 0.220 e. The number of phenols is 1. The van der Waals surface area contributed by atoms with Gasteiger partial charge < -0.3 is 45.8 Å². The van der Waals surface area contributed by atoms with Gasteiger partial charge in [-0.05, 0) is 67.5 Å². The molecular formula is C28H39NO9. The number of amides is 1. The molecule has 1 saturated heterocycles. The summed E-state index contributed by atoms with van der Waals surface area (Å²) in [5, 5.41) is 72.0. The number of aliphatic hydroxyl groups is 6. The molecule has 10 heteroatoms. The molecule has 2 aromatic rings. The molecule has 5 atom stereocenters. The monoisotopic (exact) mass is 533 g/mol. The zero-order valence-corrected chi connectivity index (χ0v) is 21.7. The Morgan fingerprint density at radius 3 is 2.21 bits per heavy atom. The minimum atomic E-state index is -1.54. The Labute approximate surface area is 222 Å². The molecule has 1 aliphatic rings. The van der Waals surface area contributed by atoms with Crippen molar-refractivity contribution in [2.45, 2.75) is 75.6 Å². The molecule has 38 heavy (non-hydrogen) atoms. The van der Waals surface area contributed by atoms with E-state index in [9.17, 15) is 40.5 Å². The van der Waals surface area contributed by atoms with E-state index in [1.165, 1.54) is 0 Å². The fraction of sp³-hybridized carbons (Fsp3) is 0.536. The van der Waals surface area contributed by atoms with E-state index in [4.69, 9.17) is 4.74 Å². The maximum Gasteiger partial charge on any atom is 0.220 e. The van der Waals surface area contributed by atoms with Crippen molar-refractivity contribution in [3.63, 3.8) is 0 Å². The lowest BCUT2D eigenvalue weighted by Crippen LogP contribution is -2.55. The van der Waals surface area contributed by atoms with Crippen LogP contribution in [0.1, 0.15) is 53.7 Å². The van der Waals surface area contributed by atoms with Gasteiger partial charge in [0, 0.05) is 12.0 Å². The minimum Gasteiger partial charge on any atom is -0.508 e. The molecule has 1 fully saturated rings. The van der Waals surface area contributed by atoms with Crippen LogP contribution in [0.5, 0.6) is 5.75 Å². The van der Waals surface area contributed by atoms with Crippen molar-refractivity contribution in [2.24, 2.45) is 0 Å². The number of carbonyl (C=O) groups excluding carboxylic acids is 1. The lowest BCUT2D eigenvalue weighted by atomic mass is 9.88. The van der Waals surface area contributed by atoms with Crippen LogP contribution in [0.3, 0.4) is 0 Å². The van der Waals surface area contributed by atoms with Crippen molar-refractivity contribution >= 4 is 5.91 Å². The van der Waals surface area contributed by atoms with Crippen LogP contribution in [0.25, 0.3) is 0 Å². The highest BCUT2D eigenvalue weighted by molar-refractivity contribution is 5.76. The number of phenolic OH excluding ortho intramolecular Hbond substituents is 1. The van der Waals surface area contributed by atoms with Gasteiger partial charge >= 0.3 is 0 Å². The predicted octanol–water partition coefficient (Wildman–Crippen LogP) is -0.0115. The Morgan fingerprint density at radius 2 is 1.61 bits per heavy atom. The van der Waals surface area contributed by atoms with E-state index in [2.05, 4.69) is 5.32 Å². The van der Waals surface area contributed by atoms with Crippen molar-refractivity contribution < 1.29 is 45.3 Å². The van der Waals surface area contributed by atoms with E-state index in [0.29, 0.717) is 19.3 Å². The van der Waals surface area contributed by atoms with E-state index >= 15 is 0 Å². The van der Waals surface area contributed by atoms with Gasteiger partial charge in [-0.15, -0.1) is 0 Å². The Hall–Kier alpha value is -2.57. The molecule has 0 radical (unpaired) electrons. The normalized spacial score (nSPS) is 23.8. The molecule has 3 rings (SSSR count). The van der Waals surface area contributed by atoms with Crippen molar-refractivity contribution in [3.8, 4) is 5.75 Å². The average Bonchev–Trinajstić information content (AvgIpc) is 2.90. The molecule has 0 unspecified atom stereocenters. The summed E-state index contributed by atoms with van der Waals surface area (Å²) in [7, 11) is 0. The first-order valence-corrected chi connectivity index (χ1v) is 12.8. The van der Waals surface area contributed by atoms with E-state index < -0.39 is 42.7 Å². The molecule has 0 spiro atoms. The molecule has 0 bridgehead atoms. The summed E-state index contributed by atoms with van der Waals surface area (Å²) >= 11 is 0. The third kappa shape index (κ3) is 7.09. The topological polar surface area (TPSA) is 180 Å². The summed E-state index contributed by atoms with van der Waals surface area (Å²) < 4.78 is 5.63. The summed E-state index contributed by atoms with van der Waals surface area (Å²) in [6, 6.07) is 11.2. The first-order chi connectivity index (χ1) is 18.0. The third-order valence-electron chi connectivity index (χ3n) is 7.11. The minimum absolute atomic E-state index is 0.117. The zero-order valence-electron chi connectivity index (χ0n) is 21.7. The molecule has 0 aliphatic carbocycles. The number of hydrogen-bond acceptors (Lipinski definition) is 9. The van der Waals surface area contributed by atoms with Gasteiger partial charge in [-0.3, -0.25) is 4.79 Å². The molecular weight excluding hydrogens is 494 g/mol. The molecule has 1 amide bonds. The molecule has 1 aliphatic heterocycles. The highest BCUT2D eigenvalue weighted by Crippen LogP contribution is 2.38. The maximum absolute atomic E-state index is 12.1. The largest absolute Gasteiger partial charge is 0.508 e. The molecule has 8 N–H and O–H groups in total. The first-order valence-electron chi connectivity index (χ1n) is 12.8. The van der Waals surface area contributed by atoms with E-state index in [0.717, 1.165) is 22.3 Å². The summed E-state index contributed by atoms with van der Waals surface area (Å²) in [4.78, 5) is 12.1. The SMILES string of the molecule is Cc1cc(O)c([C@@H]2O[C@H](CO)[C@@H](O)[C@H](O)[C@H]2O)cc1Cc1ccc(CCCC(=O)NC(C)(CO)CO)cc1. The Balaban J connectivity index is 1.65. The van der Waals surface area contributed by atoms with E-state index in [-0.39, 0.29) is 36.9 Å². The fourth-order valence-electron chi connectivity index (χ4n) is 4.56. The number of ether oxygens (including phenoxy) is 1. The van der Waals surface area contributed by atoms with Crippen molar-refractivity contribution in [2.75, 3.05) is 19.8 Å². The first kappa shape index (κ1) is 30.0. The summed E-state index contributed by atoms with van der Waals surface area (Å²) in [6.07, 6.45) is -4.62. The van der Waals surface area contributed by atoms with Crippen LogP contribution in [0.15, 0.2) is 36.4 Å². The summed E-state index contributed by atoms with van der Waals surface area (Å²) in [6.45, 7) is 2.18. The Kier molecular flexibility index (Phi) is 10.2. The number of hydrogen-bond donors (Lipinski definition) is 8. The molecule has 1 heterocycles. The highest BCUT2D eigenvalue weighted by Gasteiger charge is 2.44. The molecule has 2 aromatic carbocycles. The van der Waals surface area contributed by atoms with Crippen LogP contribution in [0.2, 0.25) is 0 Å². The lowest BCUT2D eigenvalue weighted by molar-refractivity contribution is -0.232. The van der Waals surface area contributed by atoms with Gasteiger partial charge in [-0.25, -0.2) is 0 Å². The summed E-state index contributed by atoms with van der Waals surface area (Å²) in [5.74, 6) is -0.349. The number of aryl methyl sites for hydroxylation is 2. The number of aromatic hydroxyl groups is 1. The van der Waals surface area contributed by atoms with Crippen LogP contribution in [0.4, 0.5) is 0 Å². The summed E-state index contributed by atoms with van der Waals surface area (Å²) in [5.41, 5.74) is 2.97. The average molecular weight is 534 g/mol. The van der Waals surface area contributed by atoms with Crippen molar-refractivity contribution in [3.05, 3.63) is 64.2 Å². The van der Waals surface area contributed by atoms with Crippen molar-refractivity contribution in [1.29, 1.82) is 0 Å². The molecule has 10 nitrogen and oxygen atoms in total. The van der Waals surface area contributed by atoms with Crippen LogP contribution in [0, 0.1) is 6.92 Å². The van der Waals surface area contributed by atoms with Crippen LogP contribution < -0.4 is 5.32 Å². The van der Waals surface area contributed by atoms with E-state index in [1.54, 1.807) is 19.1 Å². The Morgan fingerprint density at radius 1 is 0.974 bits per heavy atom. The zero-order chi connectivity index (χ0) is 28.0. The second-order valence-electron chi connectivity index (χ2n) is 10.4. The second-order valence-corrected chi connectivity index (χ2v) is 10.4. The number of benzene rings is 2. The van der Waals surface area contributed by atoms with Crippen molar-refractivity contribution in [1.82, 2.24) is 5.32 Å². The van der Waals surface area contributed by atoms with Gasteiger partial charge in [0.05, 0.1) is 25.4 Å². The Bertz CT molecular complexity index is 1070. The number of carbonyl (C=O) groups is 1. The second kappa shape index (κ2) is 13.0. The fourth-order valence-corrected chi connectivity index (χ4v) is 4.56. The quantitative estimate of drug-likeness (QED) is 0.197. The van der Waals surface area contributed by atoms with Gasteiger partial charge in [-0.2, -0.15) is 0 Å². The van der Waals surface area contributed by atoms with Crippen LogP contribution in [-0.4, -0.2) is 91.4 Å². The molecule has 0 saturated carbocycles. The van der Waals surface area contributed by atoms with Crippen LogP contribution >= 0.6 is 0 Å². The van der Waals surface area contributed by atoms with Gasteiger partial charge in [-0.1, -0.05) is 24.3 Å². The van der Waals surface area contributed by atoms with Gasteiger partial charge in [0.25, 0.3) is 0 Å². The molecule has 210 valence electrons. The van der Waals surface area contributed by atoms with Crippen LogP contribution in [-0.2, 0) is 22.4 Å². The molecule has 0 aromatic heterocycles. The van der Waals surface area contributed by atoms with Gasteiger partial charge in [0.15, 0.2) is 0 Å². The standard InChI is InChI=1S/C28H39NO9/c1-16-10-21(33)20(27-26(37)25(36)24(35)22(13-30)38-27)12-19(16)11-18-8-6-17(7-9-18)4-3-5-23(34)29-28(2,14-31)15-32/h6-10,12,22,24-27,30-33,35-37H,3-5,11,13-15H2,1-2H3,(H,29,34)/t22-,24-,25+,26-,27+/m1/s1. The maximum atomic E-state index is 12.1. The highest BCUT2D eigenvalue weighted by atomic mass is 16.5. The lowest BCUT2D eigenvalue weighted by Gasteiger charge is -2.40. The predicted molar refractivity (Wildman–Crippen MR) is 138 cm³/mol. The van der Waals surface area contributed by atoms with Gasteiger partial charge in [0.2, 0.25) is 5.91 Å².